The lowest BCUT2D eigenvalue weighted by Crippen LogP contribution is -2.17. The van der Waals surface area contributed by atoms with Gasteiger partial charge in [-0.2, -0.15) is 0 Å². The molecule has 0 atom stereocenters. The summed E-state index contributed by atoms with van der Waals surface area (Å²) < 4.78 is 0. The predicted molar refractivity (Wildman–Crippen MR) is 149 cm³/mol. The number of anilines is 2. The second kappa shape index (κ2) is 13.5. The van der Waals surface area contributed by atoms with Crippen molar-refractivity contribution in [2.75, 3.05) is 10.6 Å². The molecule has 0 bridgehead atoms. The van der Waals surface area contributed by atoms with E-state index in [1.54, 1.807) is 0 Å². The van der Waals surface area contributed by atoms with E-state index in [1.165, 1.54) is 33.4 Å². The van der Waals surface area contributed by atoms with Crippen molar-refractivity contribution in [2.45, 2.75) is 100 Å². The van der Waals surface area contributed by atoms with Crippen molar-refractivity contribution in [3.05, 3.63) is 57.6 Å². The van der Waals surface area contributed by atoms with E-state index in [0.717, 1.165) is 43.5 Å². The van der Waals surface area contributed by atoms with Crippen molar-refractivity contribution in [1.29, 1.82) is 0 Å². The van der Waals surface area contributed by atoms with Crippen LogP contribution in [0.25, 0.3) is 0 Å². The molecule has 0 aliphatic carbocycles. The summed E-state index contributed by atoms with van der Waals surface area (Å²) in [5.74, 6) is 0.853. The molecule has 4 heteroatoms. The van der Waals surface area contributed by atoms with Gasteiger partial charge in [0.1, 0.15) is 0 Å². The Morgan fingerprint density at radius 3 is 1.11 bits per heavy atom. The zero-order valence-corrected chi connectivity index (χ0v) is 23.2. The number of benzene rings is 2. The van der Waals surface area contributed by atoms with Crippen LogP contribution in [0.5, 0.6) is 0 Å². The second-order valence-electron chi connectivity index (χ2n) is 10.5. The van der Waals surface area contributed by atoms with Gasteiger partial charge in [-0.25, -0.2) is 0 Å². The van der Waals surface area contributed by atoms with Crippen LogP contribution in [-0.4, -0.2) is 11.8 Å². The standard InChI is InChI=1S/C31H46N2O2/c1-9-24-16-22(17-25(10-2)30(24)32-28(34)13-20(5)6)15-23-18-26(11-3)31(27(12-4)19-23)33-29(35)14-21(7)8/h16-21H,9-15H2,1-8H3,(H,32,34)(H,33,35). The molecule has 2 aromatic carbocycles. The van der Waals surface area contributed by atoms with Crippen LogP contribution in [0.15, 0.2) is 24.3 Å². The van der Waals surface area contributed by atoms with Gasteiger partial charge < -0.3 is 10.6 Å². The van der Waals surface area contributed by atoms with Crippen LogP contribution in [0.4, 0.5) is 11.4 Å². The van der Waals surface area contributed by atoms with Gasteiger partial charge in [0.2, 0.25) is 11.8 Å². The van der Waals surface area contributed by atoms with Crippen LogP contribution in [-0.2, 0) is 41.7 Å². The number of aryl methyl sites for hydroxylation is 4. The van der Waals surface area contributed by atoms with Crippen molar-refractivity contribution < 1.29 is 9.59 Å². The summed E-state index contributed by atoms with van der Waals surface area (Å²) in [4.78, 5) is 25.0. The normalized spacial score (nSPS) is 11.3. The number of carbonyl (C=O) groups is 2. The Bertz CT molecular complexity index is 889. The molecule has 2 rings (SSSR count). The first-order valence-electron chi connectivity index (χ1n) is 13.5. The highest BCUT2D eigenvalue weighted by molar-refractivity contribution is 5.93. The van der Waals surface area contributed by atoms with Gasteiger partial charge >= 0.3 is 0 Å². The Balaban J connectivity index is 2.39. The van der Waals surface area contributed by atoms with Gasteiger partial charge in [-0.15, -0.1) is 0 Å². The van der Waals surface area contributed by atoms with Crippen LogP contribution in [0.1, 0.15) is 102 Å². The Hall–Kier alpha value is -2.62. The smallest absolute Gasteiger partial charge is 0.224 e. The summed E-state index contributed by atoms with van der Waals surface area (Å²) in [5, 5.41) is 6.40. The van der Waals surface area contributed by atoms with Gasteiger partial charge in [0.05, 0.1) is 0 Å². The fourth-order valence-electron chi connectivity index (χ4n) is 4.68. The summed E-state index contributed by atoms with van der Waals surface area (Å²) >= 11 is 0. The molecule has 0 aromatic heterocycles. The fourth-order valence-corrected chi connectivity index (χ4v) is 4.68. The first kappa shape index (κ1) is 28.6. The summed E-state index contributed by atoms with van der Waals surface area (Å²) in [7, 11) is 0. The van der Waals surface area contributed by atoms with E-state index >= 15 is 0 Å². The number of amides is 2. The van der Waals surface area contributed by atoms with Crippen LogP contribution in [0.3, 0.4) is 0 Å². The third-order valence-corrected chi connectivity index (χ3v) is 6.37. The lowest BCUT2D eigenvalue weighted by Gasteiger charge is -2.19. The van der Waals surface area contributed by atoms with E-state index in [9.17, 15) is 9.59 Å². The van der Waals surface area contributed by atoms with Gasteiger partial charge in [0.25, 0.3) is 0 Å². The molecule has 0 heterocycles. The molecule has 2 aromatic rings. The monoisotopic (exact) mass is 478 g/mol. The third kappa shape index (κ3) is 8.23. The maximum atomic E-state index is 12.5. The number of rotatable bonds is 12. The zero-order chi connectivity index (χ0) is 26.1. The molecule has 0 spiro atoms. The number of hydrogen-bond donors (Lipinski definition) is 2. The quantitative estimate of drug-likeness (QED) is 0.332. The average Bonchev–Trinajstić information content (AvgIpc) is 2.79. The molecule has 4 nitrogen and oxygen atoms in total. The second-order valence-corrected chi connectivity index (χ2v) is 10.5. The lowest BCUT2D eigenvalue weighted by atomic mass is 9.92. The molecule has 0 aliphatic rings. The van der Waals surface area contributed by atoms with Crippen LogP contribution in [0, 0.1) is 11.8 Å². The van der Waals surface area contributed by atoms with E-state index in [1.807, 2.05) is 0 Å². The first-order chi connectivity index (χ1) is 16.6. The van der Waals surface area contributed by atoms with Gasteiger partial charge in [-0.05, 0) is 77.3 Å². The molecular formula is C31H46N2O2. The molecule has 35 heavy (non-hydrogen) atoms. The highest BCUT2D eigenvalue weighted by Gasteiger charge is 2.16. The Morgan fingerprint density at radius 1 is 0.600 bits per heavy atom. The zero-order valence-electron chi connectivity index (χ0n) is 23.2. The summed E-state index contributed by atoms with van der Waals surface area (Å²) in [6, 6.07) is 9.00. The van der Waals surface area contributed by atoms with Gasteiger partial charge in [0, 0.05) is 24.2 Å². The lowest BCUT2D eigenvalue weighted by molar-refractivity contribution is -0.117. The van der Waals surface area contributed by atoms with Crippen molar-refractivity contribution in [1.82, 2.24) is 0 Å². The van der Waals surface area contributed by atoms with Crippen LogP contribution < -0.4 is 10.6 Å². The van der Waals surface area contributed by atoms with Crippen molar-refractivity contribution >= 4 is 23.2 Å². The third-order valence-electron chi connectivity index (χ3n) is 6.37. The summed E-state index contributed by atoms with van der Waals surface area (Å²) in [6.45, 7) is 16.9. The van der Waals surface area contributed by atoms with E-state index in [0.29, 0.717) is 24.7 Å². The largest absolute Gasteiger partial charge is 0.326 e. The fraction of sp³-hybridized carbons (Fsp3) is 0.548. The minimum absolute atomic E-state index is 0.0902. The van der Waals surface area contributed by atoms with Gasteiger partial charge in [0.15, 0.2) is 0 Å². The van der Waals surface area contributed by atoms with Gasteiger partial charge in [-0.3, -0.25) is 9.59 Å². The molecular weight excluding hydrogens is 432 g/mol. The van der Waals surface area contributed by atoms with Crippen LogP contribution >= 0.6 is 0 Å². The number of nitrogens with one attached hydrogen (secondary N) is 2. The molecule has 2 N–H and O–H groups in total. The maximum absolute atomic E-state index is 12.5. The van der Waals surface area contributed by atoms with Crippen molar-refractivity contribution in [2.24, 2.45) is 11.8 Å². The highest BCUT2D eigenvalue weighted by Crippen LogP contribution is 2.30. The molecule has 0 radical (unpaired) electrons. The Labute approximate surface area is 213 Å². The highest BCUT2D eigenvalue weighted by atomic mass is 16.2. The molecule has 0 aliphatic heterocycles. The minimum atomic E-state index is 0.0902. The number of carbonyl (C=O) groups excluding carboxylic acids is 2. The topological polar surface area (TPSA) is 58.2 Å². The maximum Gasteiger partial charge on any atom is 0.224 e. The Morgan fingerprint density at radius 2 is 0.886 bits per heavy atom. The molecule has 2 amide bonds. The van der Waals surface area contributed by atoms with E-state index in [-0.39, 0.29) is 11.8 Å². The minimum Gasteiger partial charge on any atom is -0.326 e. The van der Waals surface area contributed by atoms with Crippen molar-refractivity contribution in [3.63, 3.8) is 0 Å². The van der Waals surface area contributed by atoms with Crippen molar-refractivity contribution in [3.8, 4) is 0 Å². The molecule has 0 fully saturated rings. The molecule has 0 saturated carbocycles. The SMILES string of the molecule is CCc1cc(Cc2cc(CC)c(NC(=O)CC(C)C)c(CC)c2)cc(CC)c1NC(=O)CC(C)C. The van der Waals surface area contributed by atoms with E-state index < -0.39 is 0 Å². The first-order valence-corrected chi connectivity index (χ1v) is 13.5. The Kier molecular flexibility index (Phi) is 11.0. The molecule has 0 saturated heterocycles. The summed E-state index contributed by atoms with van der Waals surface area (Å²) in [6.07, 6.45) is 5.40. The van der Waals surface area contributed by atoms with E-state index in [4.69, 9.17) is 0 Å². The average molecular weight is 479 g/mol. The van der Waals surface area contributed by atoms with E-state index in [2.05, 4.69) is 90.3 Å². The summed E-state index contributed by atoms with van der Waals surface area (Å²) in [5.41, 5.74) is 9.30. The number of hydrogen-bond acceptors (Lipinski definition) is 2. The van der Waals surface area contributed by atoms with Gasteiger partial charge in [-0.1, -0.05) is 79.7 Å². The van der Waals surface area contributed by atoms with Crippen LogP contribution in [0.2, 0.25) is 0 Å². The molecule has 192 valence electrons. The molecule has 0 unspecified atom stereocenters. The predicted octanol–water partition coefficient (Wildman–Crippen LogP) is 7.50.